The molecule has 1 heterocycles. The molecule has 7 nitrogen and oxygen atoms in total. The highest BCUT2D eigenvalue weighted by atomic mass is 35.5. The standard InChI is InChI=1S/C18H20ClN3O4/c1-25-9-3-7-21-17(23)16-11-13(6-8-20-16)22-15-10-12(18(24)26-2)4-5-14(15)19/h4-6,8,10-11H,3,7,9H2,1-2H3,(H,20,22)(H,21,23). The predicted octanol–water partition coefficient (Wildman–Crippen LogP) is 3.03. The maximum Gasteiger partial charge on any atom is 0.337 e. The summed E-state index contributed by atoms with van der Waals surface area (Å²) in [6.45, 7) is 1.07. The molecule has 8 heteroatoms. The number of nitrogens with one attached hydrogen (secondary N) is 2. The van der Waals surface area contributed by atoms with Gasteiger partial charge in [-0.2, -0.15) is 0 Å². The number of anilines is 2. The molecular weight excluding hydrogens is 358 g/mol. The zero-order valence-corrected chi connectivity index (χ0v) is 15.3. The first-order chi connectivity index (χ1) is 12.5. The maximum absolute atomic E-state index is 12.1. The number of ether oxygens (including phenoxy) is 2. The molecule has 0 radical (unpaired) electrons. The molecule has 0 fully saturated rings. The fraction of sp³-hybridized carbons (Fsp3) is 0.278. The Hall–Kier alpha value is -2.64. The van der Waals surface area contributed by atoms with Gasteiger partial charge in [-0.1, -0.05) is 11.6 Å². The second-order valence-corrected chi connectivity index (χ2v) is 5.75. The zero-order chi connectivity index (χ0) is 18.9. The van der Waals surface area contributed by atoms with Crippen LogP contribution in [0.3, 0.4) is 0 Å². The van der Waals surface area contributed by atoms with Crippen molar-refractivity contribution in [2.24, 2.45) is 0 Å². The Morgan fingerprint density at radius 3 is 2.73 bits per heavy atom. The van der Waals surface area contributed by atoms with Crippen molar-refractivity contribution in [3.05, 3.63) is 52.8 Å². The number of aromatic nitrogens is 1. The second-order valence-electron chi connectivity index (χ2n) is 5.34. The van der Waals surface area contributed by atoms with Crippen molar-refractivity contribution >= 4 is 34.9 Å². The van der Waals surface area contributed by atoms with E-state index in [1.165, 1.54) is 13.3 Å². The van der Waals surface area contributed by atoms with E-state index in [0.29, 0.717) is 35.1 Å². The van der Waals surface area contributed by atoms with Gasteiger partial charge in [-0.05, 0) is 36.8 Å². The van der Waals surface area contributed by atoms with Crippen LogP contribution >= 0.6 is 11.6 Å². The van der Waals surface area contributed by atoms with E-state index in [9.17, 15) is 9.59 Å². The number of esters is 1. The lowest BCUT2D eigenvalue weighted by Crippen LogP contribution is -2.26. The number of carbonyl (C=O) groups is 2. The van der Waals surface area contributed by atoms with Crippen LogP contribution in [0.4, 0.5) is 11.4 Å². The van der Waals surface area contributed by atoms with Crippen molar-refractivity contribution < 1.29 is 19.1 Å². The molecule has 1 aromatic heterocycles. The zero-order valence-electron chi connectivity index (χ0n) is 14.5. The third kappa shape index (κ3) is 5.44. The van der Waals surface area contributed by atoms with Crippen LogP contribution in [-0.2, 0) is 9.47 Å². The molecule has 26 heavy (non-hydrogen) atoms. The maximum atomic E-state index is 12.1. The van der Waals surface area contributed by atoms with Crippen molar-refractivity contribution in [1.29, 1.82) is 0 Å². The summed E-state index contributed by atoms with van der Waals surface area (Å²) in [6.07, 6.45) is 2.24. The lowest BCUT2D eigenvalue weighted by molar-refractivity contribution is 0.0600. The van der Waals surface area contributed by atoms with Crippen LogP contribution in [0.5, 0.6) is 0 Å². The van der Waals surface area contributed by atoms with Crippen LogP contribution in [0.2, 0.25) is 5.02 Å². The lowest BCUT2D eigenvalue weighted by atomic mass is 10.2. The van der Waals surface area contributed by atoms with Crippen LogP contribution in [0.25, 0.3) is 0 Å². The first-order valence-corrected chi connectivity index (χ1v) is 8.31. The fourth-order valence-electron chi connectivity index (χ4n) is 2.16. The number of pyridine rings is 1. The van der Waals surface area contributed by atoms with Gasteiger partial charge >= 0.3 is 5.97 Å². The number of nitrogens with zero attached hydrogens (tertiary/aromatic N) is 1. The molecule has 1 amide bonds. The summed E-state index contributed by atoms with van der Waals surface area (Å²) in [5.41, 5.74) is 1.77. The van der Waals surface area contributed by atoms with E-state index in [-0.39, 0.29) is 11.6 Å². The highest BCUT2D eigenvalue weighted by molar-refractivity contribution is 6.33. The smallest absolute Gasteiger partial charge is 0.337 e. The van der Waals surface area contributed by atoms with Gasteiger partial charge in [-0.25, -0.2) is 4.79 Å². The molecular formula is C18H20ClN3O4. The molecule has 138 valence electrons. The van der Waals surface area contributed by atoms with E-state index in [2.05, 4.69) is 15.6 Å². The molecule has 2 N–H and O–H groups in total. The molecule has 0 atom stereocenters. The molecule has 2 rings (SSSR count). The normalized spacial score (nSPS) is 10.3. The Labute approximate surface area is 156 Å². The summed E-state index contributed by atoms with van der Waals surface area (Å²) in [5.74, 6) is -0.741. The number of methoxy groups -OCH3 is 2. The molecule has 1 aromatic carbocycles. The highest BCUT2D eigenvalue weighted by Gasteiger charge is 2.11. The van der Waals surface area contributed by atoms with Crippen LogP contribution in [0, 0.1) is 0 Å². The van der Waals surface area contributed by atoms with Crippen LogP contribution < -0.4 is 10.6 Å². The van der Waals surface area contributed by atoms with Crippen molar-refractivity contribution in [2.45, 2.75) is 6.42 Å². The summed E-state index contributed by atoms with van der Waals surface area (Å²) in [6, 6.07) is 8.06. The first kappa shape index (κ1) is 19.7. The Bertz CT molecular complexity index is 783. The molecule has 0 aliphatic rings. The summed E-state index contributed by atoms with van der Waals surface area (Å²) in [5, 5.41) is 6.29. The second kappa shape index (κ2) is 9.74. The third-order valence-corrected chi connectivity index (χ3v) is 3.80. The molecule has 2 aromatic rings. The van der Waals surface area contributed by atoms with Crippen molar-refractivity contribution in [2.75, 3.05) is 32.7 Å². The molecule has 0 bridgehead atoms. The molecule has 0 saturated heterocycles. The van der Waals surface area contributed by atoms with E-state index in [1.807, 2.05) is 0 Å². The van der Waals surface area contributed by atoms with Gasteiger partial charge in [0.2, 0.25) is 0 Å². The fourth-order valence-corrected chi connectivity index (χ4v) is 2.33. The number of carbonyl (C=O) groups excluding carboxylic acids is 2. The van der Waals surface area contributed by atoms with Gasteiger partial charge in [-0.3, -0.25) is 9.78 Å². The third-order valence-electron chi connectivity index (χ3n) is 3.47. The van der Waals surface area contributed by atoms with E-state index < -0.39 is 5.97 Å². The minimum Gasteiger partial charge on any atom is -0.465 e. The van der Waals surface area contributed by atoms with Gasteiger partial charge in [0.1, 0.15) is 5.69 Å². The van der Waals surface area contributed by atoms with Gasteiger partial charge in [0.25, 0.3) is 5.91 Å². The molecule has 0 saturated carbocycles. The summed E-state index contributed by atoms with van der Waals surface area (Å²) < 4.78 is 9.64. The molecule has 0 spiro atoms. The van der Waals surface area contributed by atoms with E-state index >= 15 is 0 Å². The SMILES string of the molecule is COCCCNC(=O)c1cc(Nc2cc(C(=O)OC)ccc2Cl)ccn1. The number of amides is 1. The lowest BCUT2D eigenvalue weighted by Gasteiger charge is -2.11. The van der Waals surface area contributed by atoms with Gasteiger partial charge in [0, 0.05) is 32.1 Å². The number of hydrogen-bond acceptors (Lipinski definition) is 6. The van der Waals surface area contributed by atoms with Gasteiger partial charge < -0.3 is 20.1 Å². The summed E-state index contributed by atoms with van der Waals surface area (Å²) in [7, 11) is 2.92. The molecule has 0 aliphatic carbocycles. The van der Waals surface area contributed by atoms with Crippen molar-refractivity contribution in [3.8, 4) is 0 Å². The van der Waals surface area contributed by atoms with Crippen LogP contribution in [-0.4, -0.2) is 44.2 Å². The Morgan fingerprint density at radius 2 is 2.00 bits per heavy atom. The monoisotopic (exact) mass is 377 g/mol. The summed E-state index contributed by atoms with van der Waals surface area (Å²) >= 11 is 6.17. The number of hydrogen-bond donors (Lipinski definition) is 2. The van der Waals surface area contributed by atoms with Crippen LogP contribution in [0.1, 0.15) is 27.3 Å². The number of halogens is 1. The number of benzene rings is 1. The Balaban J connectivity index is 2.11. The average Bonchev–Trinajstić information content (AvgIpc) is 2.66. The first-order valence-electron chi connectivity index (χ1n) is 7.93. The minimum absolute atomic E-state index is 0.271. The van der Waals surface area contributed by atoms with Gasteiger partial charge in [-0.15, -0.1) is 0 Å². The molecule has 0 aliphatic heterocycles. The largest absolute Gasteiger partial charge is 0.465 e. The summed E-state index contributed by atoms with van der Waals surface area (Å²) in [4.78, 5) is 27.9. The van der Waals surface area contributed by atoms with Crippen LogP contribution in [0.15, 0.2) is 36.5 Å². The topological polar surface area (TPSA) is 89.6 Å². The van der Waals surface area contributed by atoms with Crippen molar-refractivity contribution in [1.82, 2.24) is 10.3 Å². The van der Waals surface area contributed by atoms with E-state index in [4.69, 9.17) is 21.1 Å². The van der Waals surface area contributed by atoms with Gasteiger partial charge in [0.15, 0.2) is 0 Å². The Kier molecular flexibility index (Phi) is 7.37. The van der Waals surface area contributed by atoms with E-state index in [1.54, 1.807) is 37.4 Å². The quantitative estimate of drug-likeness (QED) is 0.543. The van der Waals surface area contributed by atoms with E-state index in [0.717, 1.165) is 6.42 Å². The predicted molar refractivity (Wildman–Crippen MR) is 99.1 cm³/mol. The Morgan fingerprint density at radius 1 is 1.19 bits per heavy atom. The minimum atomic E-state index is -0.462. The highest BCUT2D eigenvalue weighted by Crippen LogP contribution is 2.27. The number of rotatable bonds is 8. The van der Waals surface area contributed by atoms with Gasteiger partial charge in [0.05, 0.1) is 23.4 Å². The molecule has 0 unspecified atom stereocenters. The average molecular weight is 378 g/mol. The van der Waals surface area contributed by atoms with Crippen molar-refractivity contribution in [3.63, 3.8) is 0 Å².